The van der Waals surface area contributed by atoms with Crippen LogP contribution in [0.3, 0.4) is 0 Å². The second-order valence-corrected chi connectivity index (χ2v) is 7.89. The lowest BCUT2D eigenvalue weighted by Crippen LogP contribution is -2.52. The van der Waals surface area contributed by atoms with Crippen LogP contribution in [0.25, 0.3) is 11.0 Å². The molecule has 0 spiro atoms. The molecule has 3 aromatic rings. The van der Waals surface area contributed by atoms with Gasteiger partial charge < -0.3 is 20.1 Å². The number of thiophene rings is 1. The molecule has 8 heteroatoms. The van der Waals surface area contributed by atoms with Gasteiger partial charge in [-0.05, 0) is 43.0 Å². The van der Waals surface area contributed by atoms with Crippen LogP contribution in [-0.2, 0) is 6.42 Å². The van der Waals surface area contributed by atoms with Crippen molar-refractivity contribution in [3.05, 3.63) is 47.6 Å². The fourth-order valence-electron chi connectivity index (χ4n) is 3.57. The molecular weight excluding hydrogens is 495 g/mol. The summed E-state index contributed by atoms with van der Waals surface area (Å²) in [7, 11) is 0. The van der Waals surface area contributed by atoms with Crippen LogP contribution < -0.4 is 10.2 Å². The first-order chi connectivity index (χ1) is 13.8. The quantitative estimate of drug-likeness (QED) is 0.222. The van der Waals surface area contributed by atoms with E-state index in [9.17, 15) is 0 Å². The number of halogens is 1. The number of imidazole rings is 1. The van der Waals surface area contributed by atoms with Crippen molar-refractivity contribution in [2.24, 2.45) is 4.99 Å². The number of aromatic nitrogens is 2. The number of para-hydroxylation sites is 2. The largest absolute Gasteiger partial charge is 0.360 e. The minimum absolute atomic E-state index is 0. The first-order valence-electron chi connectivity index (χ1n) is 10.1. The number of anilines is 1. The molecule has 0 saturated carbocycles. The molecule has 1 saturated heterocycles. The molecule has 3 heterocycles. The van der Waals surface area contributed by atoms with Gasteiger partial charge in [0.05, 0.1) is 16.0 Å². The fraction of sp³-hybridized carbons (Fsp3) is 0.429. The number of hydrogen-bond donors (Lipinski definition) is 2. The van der Waals surface area contributed by atoms with E-state index in [0.29, 0.717) is 0 Å². The lowest BCUT2D eigenvalue weighted by molar-refractivity contribution is 0.373. The molecule has 6 nitrogen and oxygen atoms in total. The van der Waals surface area contributed by atoms with Crippen LogP contribution in [0.5, 0.6) is 0 Å². The van der Waals surface area contributed by atoms with Gasteiger partial charge in [0.1, 0.15) is 5.82 Å². The number of guanidine groups is 1. The van der Waals surface area contributed by atoms with Crippen molar-refractivity contribution in [2.45, 2.75) is 19.8 Å². The van der Waals surface area contributed by atoms with E-state index in [0.717, 1.165) is 74.9 Å². The topological polar surface area (TPSA) is 59.6 Å². The van der Waals surface area contributed by atoms with Crippen molar-refractivity contribution in [3.63, 3.8) is 0 Å². The van der Waals surface area contributed by atoms with E-state index >= 15 is 0 Å². The zero-order chi connectivity index (χ0) is 19.2. The SMILES string of the molecule is CCNC(=NCCCc1nc2ccccc2[nH]1)N1CCN(c2cccs2)CC1.I. The molecule has 0 amide bonds. The average Bonchev–Trinajstić information content (AvgIpc) is 3.40. The van der Waals surface area contributed by atoms with Gasteiger partial charge in [0.2, 0.25) is 0 Å². The van der Waals surface area contributed by atoms with E-state index in [1.54, 1.807) is 0 Å². The maximum Gasteiger partial charge on any atom is 0.194 e. The number of fused-ring (bicyclic) bond motifs is 1. The van der Waals surface area contributed by atoms with Crippen LogP contribution in [-0.4, -0.2) is 60.1 Å². The van der Waals surface area contributed by atoms with Gasteiger partial charge in [0, 0.05) is 45.7 Å². The lowest BCUT2D eigenvalue weighted by Gasteiger charge is -2.37. The molecule has 1 aliphatic heterocycles. The standard InChI is InChI=1S/C21H28N6S.HI/c1-2-22-21(27-14-12-26(13-15-27)20-10-6-16-28-20)23-11-5-9-19-24-17-7-3-4-8-18(17)25-19;/h3-4,6-8,10,16H,2,5,9,11-15H2,1H3,(H,22,23)(H,24,25);1H. The number of hydrogen-bond acceptors (Lipinski definition) is 4. The number of nitrogens with zero attached hydrogens (tertiary/aromatic N) is 4. The maximum absolute atomic E-state index is 4.87. The molecule has 2 aromatic heterocycles. The van der Waals surface area contributed by atoms with Gasteiger partial charge in [-0.3, -0.25) is 4.99 Å². The molecule has 1 aliphatic rings. The van der Waals surface area contributed by atoms with Gasteiger partial charge >= 0.3 is 0 Å². The van der Waals surface area contributed by atoms with Crippen LogP contribution in [0, 0.1) is 0 Å². The molecule has 1 aromatic carbocycles. The second-order valence-electron chi connectivity index (χ2n) is 6.97. The van der Waals surface area contributed by atoms with Gasteiger partial charge in [0.25, 0.3) is 0 Å². The fourth-order valence-corrected chi connectivity index (χ4v) is 4.36. The van der Waals surface area contributed by atoms with E-state index in [4.69, 9.17) is 4.99 Å². The molecule has 29 heavy (non-hydrogen) atoms. The third-order valence-electron chi connectivity index (χ3n) is 5.00. The predicted octanol–water partition coefficient (Wildman–Crippen LogP) is 3.96. The Morgan fingerprint density at radius 1 is 1.17 bits per heavy atom. The molecule has 0 atom stereocenters. The van der Waals surface area contributed by atoms with Gasteiger partial charge in [-0.15, -0.1) is 35.3 Å². The highest BCUT2D eigenvalue weighted by Crippen LogP contribution is 2.22. The highest BCUT2D eigenvalue weighted by molar-refractivity contribution is 14.0. The average molecular weight is 524 g/mol. The van der Waals surface area contributed by atoms with Gasteiger partial charge in [-0.2, -0.15) is 0 Å². The Hall–Kier alpha value is -1.81. The molecule has 2 N–H and O–H groups in total. The van der Waals surface area contributed by atoms with Crippen molar-refractivity contribution in [1.82, 2.24) is 20.2 Å². The summed E-state index contributed by atoms with van der Waals surface area (Å²) in [6.45, 7) is 7.94. The maximum atomic E-state index is 4.87. The van der Waals surface area contributed by atoms with Crippen molar-refractivity contribution < 1.29 is 0 Å². The summed E-state index contributed by atoms with van der Waals surface area (Å²) >= 11 is 1.82. The van der Waals surface area contributed by atoms with E-state index in [1.807, 2.05) is 29.5 Å². The van der Waals surface area contributed by atoms with Crippen LogP contribution >= 0.6 is 35.3 Å². The minimum Gasteiger partial charge on any atom is -0.360 e. The zero-order valence-corrected chi connectivity index (χ0v) is 20.0. The van der Waals surface area contributed by atoms with Crippen molar-refractivity contribution >= 4 is 57.3 Å². The van der Waals surface area contributed by atoms with E-state index in [2.05, 4.69) is 55.6 Å². The first-order valence-corrected chi connectivity index (χ1v) is 11.0. The number of piperazine rings is 1. The summed E-state index contributed by atoms with van der Waals surface area (Å²) in [5.74, 6) is 2.09. The number of aliphatic imine (C=N–C) groups is 1. The number of nitrogens with one attached hydrogen (secondary N) is 2. The molecule has 1 fully saturated rings. The Morgan fingerprint density at radius 2 is 2.00 bits per heavy atom. The predicted molar refractivity (Wildman–Crippen MR) is 134 cm³/mol. The van der Waals surface area contributed by atoms with E-state index in [-0.39, 0.29) is 24.0 Å². The Balaban J connectivity index is 0.00000240. The molecule has 4 rings (SSSR count). The molecule has 0 unspecified atom stereocenters. The summed E-state index contributed by atoms with van der Waals surface area (Å²) in [6.07, 6.45) is 1.91. The summed E-state index contributed by atoms with van der Waals surface area (Å²) < 4.78 is 0. The van der Waals surface area contributed by atoms with Crippen LogP contribution in [0.4, 0.5) is 5.00 Å². The van der Waals surface area contributed by atoms with Gasteiger partial charge in [0.15, 0.2) is 5.96 Å². The number of rotatable bonds is 6. The smallest absolute Gasteiger partial charge is 0.194 e. The monoisotopic (exact) mass is 524 g/mol. The Kier molecular flexibility index (Phi) is 8.17. The van der Waals surface area contributed by atoms with Crippen LogP contribution in [0.1, 0.15) is 19.2 Å². The summed E-state index contributed by atoms with van der Waals surface area (Å²) in [4.78, 5) is 17.8. The van der Waals surface area contributed by atoms with Gasteiger partial charge in [-0.1, -0.05) is 12.1 Å². The number of benzene rings is 1. The Labute approximate surface area is 193 Å². The Morgan fingerprint density at radius 3 is 2.72 bits per heavy atom. The summed E-state index contributed by atoms with van der Waals surface area (Å²) in [5.41, 5.74) is 2.15. The highest BCUT2D eigenvalue weighted by atomic mass is 127. The third-order valence-corrected chi connectivity index (χ3v) is 5.93. The number of aryl methyl sites for hydroxylation is 1. The molecule has 156 valence electrons. The van der Waals surface area contributed by atoms with Crippen molar-refractivity contribution in [1.29, 1.82) is 0 Å². The van der Waals surface area contributed by atoms with E-state index in [1.165, 1.54) is 5.00 Å². The van der Waals surface area contributed by atoms with E-state index < -0.39 is 0 Å². The Bertz CT molecular complexity index is 866. The molecule has 0 radical (unpaired) electrons. The summed E-state index contributed by atoms with van der Waals surface area (Å²) in [5, 5.41) is 6.97. The number of aromatic amines is 1. The number of H-pyrrole nitrogens is 1. The van der Waals surface area contributed by atoms with Crippen molar-refractivity contribution in [2.75, 3.05) is 44.2 Å². The lowest BCUT2D eigenvalue weighted by atomic mass is 10.3. The van der Waals surface area contributed by atoms with Gasteiger partial charge in [-0.25, -0.2) is 4.98 Å². The molecule has 0 aliphatic carbocycles. The minimum atomic E-state index is 0. The summed E-state index contributed by atoms with van der Waals surface area (Å²) in [6, 6.07) is 12.5. The van der Waals surface area contributed by atoms with Crippen molar-refractivity contribution in [3.8, 4) is 0 Å². The molecule has 0 bridgehead atoms. The zero-order valence-electron chi connectivity index (χ0n) is 16.8. The second kappa shape index (κ2) is 10.8. The third kappa shape index (κ3) is 5.63. The highest BCUT2D eigenvalue weighted by Gasteiger charge is 2.20. The van der Waals surface area contributed by atoms with Crippen LogP contribution in [0.15, 0.2) is 46.8 Å². The van der Waals surface area contributed by atoms with Crippen LogP contribution in [0.2, 0.25) is 0 Å². The normalized spacial score (nSPS) is 14.9. The molecular formula is C21H29IN6S. The first kappa shape index (κ1) is 21.9.